The number of hydrogen-bond acceptors (Lipinski definition) is 4. The quantitative estimate of drug-likeness (QED) is 0.592. The summed E-state index contributed by atoms with van der Waals surface area (Å²) in [6.07, 6.45) is 0.141. The number of nitrogens with zero attached hydrogens (tertiary/aromatic N) is 2. The predicted octanol–water partition coefficient (Wildman–Crippen LogP) is 2.93. The van der Waals surface area contributed by atoms with Gasteiger partial charge in [-0.2, -0.15) is 0 Å². The number of halogens is 3. The molecule has 1 aliphatic carbocycles. The lowest BCUT2D eigenvalue weighted by atomic mass is 9.85. The van der Waals surface area contributed by atoms with Crippen molar-refractivity contribution in [2.45, 2.75) is 25.7 Å². The normalized spacial score (nSPS) is 22.9. The van der Waals surface area contributed by atoms with E-state index >= 15 is 0 Å². The first-order valence-corrected chi connectivity index (χ1v) is 8.28. The SMILES string of the molecule is CN(Cc1ccccc1OC(F)(F)F)CN1C(=O)C2CC=CCC2C1=O. The second kappa shape index (κ2) is 7.11. The number of rotatable bonds is 5. The van der Waals surface area contributed by atoms with Crippen LogP contribution >= 0.6 is 0 Å². The van der Waals surface area contributed by atoms with Gasteiger partial charge in [-0.1, -0.05) is 30.4 Å². The fourth-order valence-corrected chi connectivity index (χ4v) is 3.45. The van der Waals surface area contributed by atoms with Crippen molar-refractivity contribution in [1.82, 2.24) is 9.80 Å². The Hall–Kier alpha value is -2.35. The van der Waals surface area contributed by atoms with Crippen molar-refractivity contribution in [3.63, 3.8) is 0 Å². The van der Waals surface area contributed by atoms with Gasteiger partial charge in [-0.25, -0.2) is 0 Å². The lowest BCUT2D eigenvalue weighted by Gasteiger charge is -2.24. The van der Waals surface area contributed by atoms with Gasteiger partial charge in [0.1, 0.15) is 5.75 Å². The van der Waals surface area contributed by atoms with E-state index in [0.29, 0.717) is 18.4 Å². The molecule has 0 radical (unpaired) electrons. The summed E-state index contributed by atoms with van der Waals surface area (Å²) in [6.45, 7) is 0.141. The summed E-state index contributed by atoms with van der Waals surface area (Å²) in [5, 5.41) is 0. The number of fused-ring (bicyclic) bond motifs is 1. The summed E-state index contributed by atoms with van der Waals surface area (Å²) < 4.78 is 41.6. The summed E-state index contributed by atoms with van der Waals surface area (Å²) in [5.41, 5.74) is 0.325. The highest BCUT2D eigenvalue weighted by atomic mass is 19.4. The number of ether oxygens (including phenoxy) is 1. The molecule has 2 aliphatic rings. The molecule has 2 atom stereocenters. The molecule has 0 aromatic heterocycles. The highest BCUT2D eigenvalue weighted by Crippen LogP contribution is 2.35. The van der Waals surface area contributed by atoms with Gasteiger partial charge in [-0.15, -0.1) is 13.2 Å². The fraction of sp³-hybridized carbons (Fsp3) is 0.444. The number of benzene rings is 1. The first-order chi connectivity index (χ1) is 12.3. The average molecular weight is 368 g/mol. The molecule has 1 heterocycles. The summed E-state index contributed by atoms with van der Waals surface area (Å²) in [5.74, 6) is -1.35. The van der Waals surface area contributed by atoms with E-state index < -0.39 is 6.36 Å². The monoisotopic (exact) mass is 368 g/mol. The Kier molecular flexibility index (Phi) is 5.04. The van der Waals surface area contributed by atoms with Gasteiger partial charge in [0.2, 0.25) is 11.8 Å². The molecule has 26 heavy (non-hydrogen) atoms. The number of carbonyl (C=O) groups excluding carboxylic acids is 2. The van der Waals surface area contributed by atoms with Gasteiger partial charge in [0.25, 0.3) is 0 Å². The van der Waals surface area contributed by atoms with E-state index in [1.54, 1.807) is 18.0 Å². The van der Waals surface area contributed by atoms with Gasteiger partial charge in [0, 0.05) is 12.1 Å². The van der Waals surface area contributed by atoms with Crippen LogP contribution in [0.1, 0.15) is 18.4 Å². The van der Waals surface area contributed by atoms with Crippen molar-refractivity contribution >= 4 is 11.8 Å². The van der Waals surface area contributed by atoms with E-state index in [2.05, 4.69) is 4.74 Å². The maximum absolute atomic E-state index is 12.5. The van der Waals surface area contributed by atoms with Gasteiger partial charge in [-0.3, -0.25) is 19.4 Å². The minimum Gasteiger partial charge on any atom is -0.405 e. The van der Waals surface area contributed by atoms with E-state index in [0.717, 1.165) is 0 Å². The van der Waals surface area contributed by atoms with Gasteiger partial charge < -0.3 is 4.74 Å². The highest BCUT2D eigenvalue weighted by Gasteiger charge is 2.47. The molecule has 0 saturated carbocycles. The van der Waals surface area contributed by atoms with Crippen molar-refractivity contribution < 1.29 is 27.5 Å². The third kappa shape index (κ3) is 3.90. The van der Waals surface area contributed by atoms with Crippen molar-refractivity contribution in [1.29, 1.82) is 0 Å². The van der Waals surface area contributed by atoms with Crippen LogP contribution in [0.3, 0.4) is 0 Å². The molecular formula is C18H19F3N2O3. The Balaban J connectivity index is 1.67. The molecule has 1 aliphatic heterocycles. The standard InChI is InChI=1S/C18H19F3N2O3/c1-22(10-12-6-2-5-9-15(12)26-18(19,20)21)11-23-16(24)13-7-3-4-8-14(13)17(23)25/h2-6,9,13-14H,7-8,10-11H2,1H3. The first kappa shape index (κ1) is 18.4. The molecule has 5 nitrogen and oxygen atoms in total. The highest BCUT2D eigenvalue weighted by molar-refractivity contribution is 6.05. The Bertz CT molecular complexity index is 707. The number of allylic oxidation sites excluding steroid dienone is 2. The van der Waals surface area contributed by atoms with Crippen LogP contribution in [0.2, 0.25) is 0 Å². The van der Waals surface area contributed by atoms with Crippen LogP contribution in [0, 0.1) is 11.8 Å². The first-order valence-electron chi connectivity index (χ1n) is 8.28. The maximum atomic E-state index is 12.5. The molecule has 0 N–H and O–H groups in total. The van der Waals surface area contributed by atoms with E-state index in [4.69, 9.17) is 0 Å². The number of para-hydroxylation sites is 1. The van der Waals surface area contributed by atoms with E-state index in [1.165, 1.54) is 23.1 Å². The summed E-state index contributed by atoms with van der Waals surface area (Å²) in [7, 11) is 1.64. The zero-order chi connectivity index (χ0) is 18.9. The number of alkyl halides is 3. The van der Waals surface area contributed by atoms with Crippen LogP contribution in [0.5, 0.6) is 5.75 Å². The minimum absolute atomic E-state index is 0.0328. The van der Waals surface area contributed by atoms with E-state index in [-0.39, 0.29) is 42.6 Å². The molecule has 2 amide bonds. The molecule has 2 unspecified atom stereocenters. The molecule has 140 valence electrons. The lowest BCUT2D eigenvalue weighted by Crippen LogP contribution is -2.40. The van der Waals surface area contributed by atoms with E-state index in [9.17, 15) is 22.8 Å². The molecule has 0 spiro atoms. The summed E-state index contributed by atoms with van der Waals surface area (Å²) in [6, 6.07) is 5.83. The Morgan fingerprint density at radius 2 is 1.69 bits per heavy atom. The van der Waals surface area contributed by atoms with E-state index in [1.807, 2.05) is 12.2 Å². The maximum Gasteiger partial charge on any atom is 0.573 e. The van der Waals surface area contributed by atoms with Crippen LogP contribution in [0.15, 0.2) is 36.4 Å². The lowest BCUT2D eigenvalue weighted by molar-refractivity contribution is -0.275. The number of imide groups is 1. The number of hydrogen-bond donors (Lipinski definition) is 0. The number of amides is 2. The minimum atomic E-state index is -4.78. The summed E-state index contributed by atoms with van der Waals surface area (Å²) >= 11 is 0. The van der Waals surface area contributed by atoms with Crippen molar-refractivity contribution in [2.75, 3.05) is 13.7 Å². The molecule has 1 aromatic carbocycles. The largest absolute Gasteiger partial charge is 0.573 e. The van der Waals surface area contributed by atoms with Crippen molar-refractivity contribution in [3.8, 4) is 5.75 Å². The molecule has 0 bridgehead atoms. The smallest absolute Gasteiger partial charge is 0.405 e. The molecule has 1 saturated heterocycles. The average Bonchev–Trinajstić information content (AvgIpc) is 2.81. The molecular weight excluding hydrogens is 349 g/mol. The van der Waals surface area contributed by atoms with Gasteiger partial charge in [0.05, 0.1) is 18.5 Å². The van der Waals surface area contributed by atoms with Crippen molar-refractivity contribution in [2.24, 2.45) is 11.8 Å². The molecule has 8 heteroatoms. The number of likely N-dealkylation sites (tertiary alicyclic amines) is 1. The summed E-state index contributed by atoms with van der Waals surface area (Å²) in [4.78, 5) is 27.8. The van der Waals surface area contributed by atoms with Crippen LogP contribution in [0.4, 0.5) is 13.2 Å². The zero-order valence-electron chi connectivity index (χ0n) is 14.2. The fourth-order valence-electron chi connectivity index (χ4n) is 3.45. The van der Waals surface area contributed by atoms with Crippen LogP contribution < -0.4 is 4.74 Å². The zero-order valence-corrected chi connectivity index (χ0v) is 14.2. The molecule has 1 fully saturated rings. The van der Waals surface area contributed by atoms with Crippen LogP contribution in [0.25, 0.3) is 0 Å². The topological polar surface area (TPSA) is 49.9 Å². The van der Waals surface area contributed by atoms with Crippen LogP contribution in [-0.4, -0.2) is 41.7 Å². The van der Waals surface area contributed by atoms with Crippen molar-refractivity contribution in [3.05, 3.63) is 42.0 Å². The molecule has 3 rings (SSSR count). The Morgan fingerprint density at radius 3 is 2.27 bits per heavy atom. The van der Waals surface area contributed by atoms with Crippen LogP contribution in [-0.2, 0) is 16.1 Å². The second-order valence-electron chi connectivity index (χ2n) is 6.57. The third-order valence-electron chi connectivity index (χ3n) is 4.62. The van der Waals surface area contributed by atoms with Gasteiger partial charge in [-0.05, 0) is 26.0 Å². The third-order valence-corrected chi connectivity index (χ3v) is 4.62. The van der Waals surface area contributed by atoms with Gasteiger partial charge in [0.15, 0.2) is 0 Å². The Labute approximate surface area is 149 Å². The Morgan fingerprint density at radius 1 is 1.12 bits per heavy atom. The molecule has 1 aromatic rings. The second-order valence-corrected chi connectivity index (χ2v) is 6.57. The predicted molar refractivity (Wildman–Crippen MR) is 86.7 cm³/mol. The number of carbonyl (C=O) groups is 2. The van der Waals surface area contributed by atoms with Gasteiger partial charge >= 0.3 is 6.36 Å².